The summed E-state index contributed by atoms with van der Waals surface area (Å²) in [5.41, 5.74) is -1.69. The van der Waals surface area contributed by atoms with Gasteiger partial charge in [-0.15, -0.1) is 11.3 Å². The first-order chi connectivity index (χ1) is 8.68. The first kappa shape index (κ1) is 13.9. The zero-order valence-corrected chi connectivity index (χ0v) is 9.83. The SMILES string of the molecule is FC(F)(F)c1ccc(-c2nc(C(F)(F)F)cs2)cc1. The van der Waals surface area contributed by atoms with Gasteiger partial charge in [-0.1, -0.05) is 12.1 Å². The first-order valence-corrected chi connectivity index (χ1v) is 5.76. The summed E-state index contributed by atoms with van der Waals surface area (Å²) in [6.45, 7) is 0. The van der Waals surface area contributed by atoms with E-state index in [1.807, 2.05) is 0 Å². The van der Waals surface area contributed by atoms with Crippen LogP contribution >= 0.6 is 11.3 Å². The molecule has 0 bridgehead atoms. The summed E-state index contributed by atoms with van der Waals surface area (Å²) in [5.74, 6) is 0. The van der Waals surface area contributed by atoms with Crippen LogP contribution in [0.4, 0.5) is 26.3 Å². The van der Waals surface area contributed by atoms with E-state index >= 15 is 0 Å². The Bertz CT molecular complexity index is 566. The second-order valence-corrected chi connectivity index (χ2v) is 4.47. The second-order valence-electron chi connectivity index (χ2n) is 3.61. The van der Waals surface area contributed by atoms with Crippen LogP contribution in [0.1, 0.15) is 11.3 Å². The molecule has 19 heavy (non-hydrogen) atoms. The van der Waals surface area contributed by atoms with Gasteiger partial charge in [-0.3, -0.25) is 0 Å². The van der Waals surface area contributed by atoms with Crippen LogP contribution in [0.2, 0.25) is 0 Å². The van der Waals surface area contributed by atoms with Crippen molar-refractivity contribution in [3.8, 4) is 10.6 Å². The molecule has 0 spiro atoms. The Balaban J connectivity index is 2.31. The minimum atomic E-state index is -4.55. The van der Waals surface area contributed by atoms with Gasteiger partial charge in [-0.2, -0.15) is 26.3 Å². The molecule has 2 rings (SSSR count). The van der Waals surface area contributed by atoms with Crippen LogP contribution in [-0.2, 0) is 12.4 Å². The highest BCUT2D eigenvalue weighted by Crippen LogP contribution is 2.35. The summed E-state index contributed by atoms with van der Waals surface area (Å²) >= 11 is 0.731. The maximum Gasteiger partial charge on any atom is 0.434 e. The predicted octanol–water partition coefficient (Wildman–Crippen LogP) is 4.85. The van der Waals surface area contributed by atoms with Gasteiger partial charge in [0.05, 0.1) is 5.56 Å². The fourth-order valence-electron chi connectivity index (χ4n) is 1.34. The minimum absolute atomic E-state index is 0.0287. The van der Waals surface area contributed by atoms with E-state index in [1.54, 1.807) is 0 Å². The second kappa shape index (κ2) is 4.52. The van der Waals surface area contributed by atoms with Gasteiger partial charge in [0, 0.05) is 10.9 Å². The Labute approximate surface area is 107 Å². The summed E-state index contributed by atoms with van der Waals surface area (Å²) < 4.78 is 74.0. The predicted molar refractivity (Wildman–Crippen MR) is 57.6 cm³/mol. The van der Waals surface area contributed by atoms with Crippen molar-refractivity contribution in [3.63, 3.8) is 0 Å². The molecule has 0 aliphatic heterocycles. The minimum Gasteiger partial charge on any atom is -0.232 e. The maximum atomic E-state index is 12.3. The zero-order valence-electron chi connectivity index (χ0n) is 9.01. The number of thiazole rings is 1. The molecule has 8 heteroatoms. The van der Waals surface area contributed by atoms with Crippen LogP contribution in [-0.4, -0.2) is 4.98 Å². The molecule has 0 aliphatic rings. The molecule has 0 saturated heterocycles. The average molecular weight is 297 g/mol. The first-order valence-electron chi connectivity index (χ1n) is 4.88. The molecule has 0 unspecified atom stereocenters. The highest BCUT2D eigenvalue weighted by Gasteiger charge is 2.34. The van der Waals surface area contributed by atoms with Gasteiger partial charge in [-0.05, 0) is 12.1 Å². The molecule has 0 saturated carbocycles. The van der Waals surface area contributed by atoms with Crippen molar-refractivity contribution in [1.82, 2.24) is 4.98 Å². The molecule has 1 nitrogen and oxygen atoms in total. The number of benzene rings is 1. The van der Waals surface area contributed by atoms with E-state index in [0.29, 0.717) is 0 Å². The molecule has 0 aliphatic carbocycles. The maximum absolute atomic E-state index is 12.3. The van der Waals surface area contributed by atoms with E-state index in [4.69, 9.17) is 0 Å². The number of halogens is 6. The van der Waals surface area contributed by atoms with Gasteiger partial charge in [0.25, 0.3) is 0 Å². The van der Waals surface area contributed by atoms with Crippen LogP contribution in [0, 0.1) is 0 Å². The number of hydrogen-bond donors (Lipinski definition) is 0. The molecule has 102 valence electrons. The lowest BCUT2D eigenvalue weighted by atomic mass is 10.1. The molecule has 0 amide bonds. The lowest BCUT2D eigenvalue weighted by Crippen LogP contribution is -2.05. The van der Waals surface area contributed by atoms with Crippen molar-refractivity contribution in [2.45, 2.75) is 12.4 Å². The van der Waals surface area contributed by atoms with E-state index < -0.39 is 23.6 Å². The van der Waals surface area contributed by atoms with Gasteiger partial charge in [0.15, 0.2) is 5.69 Å². The lowest BCUT2D eigenvalue weighted by molar-refractivity contribution is -0.140. The quantitative estimate of drug-likeness (QED) is 0.686. The highest BCUT2D eigenvalue weighted by molar-refractivity contribution is 7.13. The fourth-order valence-corrected chi connectivity index (χ4v) is 2.17. The Morgan fingerprint density at radius 2 is 1.42 bits per heavy atom. The molecule has 1 aromatic carbocycles. The third-order valence-electron chi connectivity index (χ3n) is 2.25. The normalized spacial score (nSPS) is 12.7. The van der Waals surface area contributed by atoms with Crippen molar-refractivity contribution >= 4 is 11.3 Å². The molecule has 0 atom stereocenters. The van der Waals surface area contributed by atoms with E-state index in [-0.39, 0.29) is 10.6 Å². The highest BCUT2D eigenvalue weighted by atomic mass is 32.1. The smallest absolute Gasteiger partial charge is 0.232 e. The summed E-state index contributed by atoms with van der Waals surface area (Å²) in [7, 11) is 0. The lowest BCUT2D eigenvalue weighted by Gasteiger charge is -2.06. The Hall–Kier alpha value is -1.57. The van der Waals surface area contributed by atoms with E-state index in [9.17, 15) is 26.3 Å². The third kappa shape index (κ3) is 3.06. The summed E-state index contributed by atoms with van der Waals surface area (Å²) in [6.07, 6.45) is -9.03. The molecular weight excluding hydrogens is 292 g/mol. The number of nitrogens with zero attached hydrogens (tertiary/aromatic N) is 1. The van der Waals surface area contributed by atoms with Gasteiger partial charge in [0.1, 0.15) is 5.01 Å². The van der Waals surface area contributed by atoms with Crippen LogP contribution in [0.25, 0.3) is 10.6 Å². The van der Waals surface area contributed by atoms with Crippen molar-refractivity contribution < 1.29 is 26.3 Å². The van der Waals surface area contributed by atoms with Gasteiger partial charge >= 0.3 is 12.4 Å². The fraction of sp³-hybridized carbons (Fsp3) is 0.182. The molecule has 1 heterocycles. The van der Waals surface area contributed by atoms with Crippen LogP contribution in [0.15, 0.2) is 29.6 Å². The molecule has 1 aromatic heterocycles. The van der Waals surface area contributed by atoms with Crippen molar-refractivity contribution in [3.05, 3.63) is 40.9 Å². The van der Waals surface area contributed by atoms with Crippen molar-refractivity contribution in [2.75, 3.05) is 0 Å². The Morgan fingerprint density at radius 3 is 1.84 bits per heavy atom. The number of hydrogen-bond acceptors (Lipinski definition) is 2. The molecule has 0 radical (unpaired) electrons. The average Bonchev–Trinajstić information content (AvgIpc) is 2.77. The van der Waals surface area contributed by atoms with Gasteiger partial charge in [0.2, 0.25) is 0 Å². The molecular formula is C11H5F6NS. The molecule has 2 aromatic rings. The van der Waals surface area contributed by atoms with E-state index in [1.165, 1.54) is 0 Å². The summed E-state index contributed by atoms with van der Waals surface area (Å²) in [6, 6.07) is 3.82. The van der Waals surface area contributed by atoms with Gasteiger partial charge in [-0.25, -0.2) is 4.98 Å². The number of aromatic nitrogens is 1. The number of alkyl halides is 6. The summed E-state index contributed by atoms with van der Waals surface area (Å²) in [5, 5.41) is 0.855. The Kier molecular flexibility index (Phi) is 3.29. The van der Waals surface area contributed by atoms with Gasteiger partial charge < -0.3 is 0 Å². The van der Waals surface area contributed by atoms with Crippen LogP contribution in [0.3, 0.4) is 0 Å². The molecule has 0 N–H and O–H groups in total. The third-order valence-corrected chi connectivity index (χ3v) is 3.15. The van der Waals surface area contributed by atoms with Crippen LogP contribution < -0.4 is 0 Å². The van der Waals surface area contributed by atoms with Crippen molar-refractivity contribution in [2.24, 2.45) is 0 Å². The topological polar surface area (TPSA) is 12.9 Å². The monoisotopic (exact) mass is 297 g/mol. The van der Waals surface area contributed by atoms with Crippen LogP contribution in [0.5, 0.6) is 0 Å². The summed E-state index contributed by atoms with van der Waals surface area (Å²) in [4.78, 5) is 3.36. The number of rotatable bonds is 1. The van der Waals surface area contributed by atoms with E-state index in [0.717, 1.165) is 41.0 Å². The largest absolute Gasteiger partial charge is 0.434 e. The zero-order chi connectivity index (χ0) is 14.3. The van der Waals surface area contributed by atoms with Crippen molar-refractivity contribution in [1.29, 1.82) is 0 Å². The Morgan fingerprint density at radius 1 is 0.842 bits per heavy atom. The van der Waals surface area contributed by atoms with E-state index in [2.05, 4.69) is 4.98 Å². The molecule has 0 fully saturated rings. The standard InChI is InChI=1S/C11H5F6NS/c12-10(13,14)7-3-1-6(2-4-7)9-18-8(5-19-9)11(15,16)17/h1-5H.